The predicted molar refractivity (Wildman–Crippen MR) is 110 cm³/mol. The topological polar surface area (TPSA) is 99.2 Å². The van der Waals surface area contributed by atoms with Gasteiger partial charge >= 0.3 is 6.47 Å². The zero-order valence-electron chi connectivity index (χ0n) is 16.5. The lowest BCUT2D eigenvalue weighted by molar-refractivity contribution is -0.129. The van der Waals surface area contributed by atoms with Crippen molar-refractivity contribution in [2.45, 2.75) is 32.7 Å². The van der Waals surface area contributed by atoms with Crippen LogP contribution in [0.5, 0.6) is 0 Å². The van der Waals surface area contributed by atoms with Crippen LogP contribution in [0.2, 0.25) is 0 Å². The second kappa shape index (κ2) is 6.77. The van der Waals surface area contributed by atoms with Gasteiger partial charge in [-0.2, -0.15) is 4.73 Å². The van der Waals surface area contributed by atoms with Crippen LogP contribution in [-0.4, -0.2) is 27.6 Å². The van der Waals surface area contributed by atoms with E-state index in [4.69, 9.17) is 10.6 Å². The number of carbonyl (C=O) groups is 2. The van der Waals surface area contributed by atoms with Crippen molar-refractivity contribution in [1.29, 1.82) is 0 Å². The molecule has 4 rings (SSSR count). The lowest BCUT2D eigenvalue weighted by Crippen LogP contribution is -2.49. The van der Waals surface area contributed by atoms with E-state index in [2.05, 4.69) is 10.3 Å². The summed E-state index contributed by atoms with van der Waals surface area (Å²) in [7, 11) is 0. The van der Waals surface area contributed by atoms with E-state index in [-0.39, 0.29) is 5.91 Å². The van der Waals surface area contributed by atoms with E-state index in [1.165, 1.54) is 4.73 Å². The smallest absolute Gasteiger partial charge is 0.321 e. The summed E-state index contributed by atoms with van der Waals surface area (Å²) in [6.07, 6.45) is 2.09. The quantitative estimate of drug-likeness (QED) is 0.668. The number of fused-ring (bicyclic) bond motifs is 1. The van der Waals surface area contributed by atoms with E-state index in [9.17, 15) is 9.59 Å². The molecule has 1 aliphatic heterocycles. The molecule has 148 valence electrons. The van der Waals surface area contributed by atoms with E-state index in [1.54, 1.807) is 18.3 Å². The monoisotopic (exact) mass is 390 g/mol. The summed E-state index contributed by atoms with van der Waals surface area (Å²) in [6, 6.07) is 11.4. The van der Waals surface area contributed by atoms with Gasteiger partial charge in [-0.25, -0.2) is 4.98 Å². The van der Waals surface area contributed by atoms with Crippen molar-refractivity contribution in [3.63, 3.8) is 0 Å². The lowest BCUT2D eigenvalue weighted by Gasteiger charge is -2.31. The van der Waals surface area contributed by atoms with Gasteiger partial charge in [0.25, 0.3) is 5.91 Å². The molecule has 0 saturated carbocycles. The minimum Gasteiger partial charge on any atom is -0.384 e. The van der Waals surface area contributed by atoms with Gasteiger partial charge in [-0.3, -0.25) is 9.59 Å². The van der Waals surface area contributed by atoms with E-state index in [0.29, 0.717) is 46.8 Å². The van der Waals surface area contributed by atoms with Crippen LogP contribution in [0, 0.1) is 6.92 Å². The van der Waals surface area contributed by atoms with Crippen LogP contribution >= 0.6 is 0 Å². The minimum atomic E-state index is -0.481. The molecule has 0 unspecified atom stereocenters. The molecular formula is C22H22N4O3. The van der Waals surface area contributed by atoms with Gasteiger partial charge in [0.05, 0.1) is 17.0 Å². The second-order valence-corrected chi connectivity index (χ2v) is 7.89. The summed E-state index contributed by atoms with van der Waals surface area (Å²) < 4.78 is 1.45. The first-order chi connectivity index (χ1) is 13.8. The van der Waals surface area contributed by atoms with Gasteiger partial charge < -0.3 is 15.9 Å². The molecule has 7 heteroatoms. The van der Waals surface area contributed by atoms with Crippen molar-refractivity contribution < 1.29 is 14.4 Å². The summed E-state index contributed by atoms with van der Waals surface area (Å²) in [5.41, 5.74) is 10.5. The molecule has 29 heavy (non-hydrogen) atoms. The number of hydrogen-bond acceptors (Lipinski definition) is 5. The molecule has 3 N–H and O–H groups in total. The number of aryl methyl sites for hydroxylation is 1. The largest absolute Gasteiger partial charge is 0.384 e. The van der Waals surface area contributed by atoms with Crippen molar-refractivity contribution in [2.24, 2.45) is 0 Å². The molecule has 1 amide bonds. The van der Waals surface area contributed by atoms with Gasteiger partial charge in [0.2, 0.25) is 0 Å². The third kappa shape index (κ3) is 3.24. The van der Waals surface area contributed by atoms with E-state index in [1.807, 2.05) is 45.0 Å². The van der Waals surface area contributed by atoms with Crippen molar-refractivity contribution in [2.75, 3.05) is 5.73 Å². The molecule has 0 atom stereocenters. The zero-order valence-corrected chi connectivity index (χ0v) is 16.5. The SMILES string of the molecule is Cc1ccc(-c2c3c(n(OC=O)c2-c2ccnc(N)c2)CC(C)(C)NC3=O)cc1. The number of aromatic nitrogens is 2. The van der Waals surface area contributed by atoms with Crippen molar-refractivity contribution in [1.82, 2.24) is 15.0 Å². The third-order valence-corrected chi connectivity index (χ3v) is 5.06. The maximum atomic E-state index is 13.1. The summed E-state index contributed by atoms with van der Waals surface area (Å²) in [5, 5.41) is 3.05. The zero-order chi connectivity index (χ0) is 20.8. The van der Waals surface area contributed by atoms with E-state index < -0.39 is 5.54 Å². The Morgan fingerprint density at radius 1 is 1.17 bits per heavy atom. The number of nitrogens with zero attached hydrogens (tertiary/aromatic N) is 2. The normalized spacial score (nSPS) is 14.8. The Bertz CT molecular complexity index is 1110. The van der Waals surface area contributed by atoms with Crippen molar-refractivity contribution in [3.8, 4) is 22.4 Å². The fourth-order valence-corrected chi connectivity index (χ4v) is 3.86. The number of pyridine rings is 1. The molecule has 2 aromatic heterocycles. The van der Waals surface area contributed by atoms with Crippen LogP contribution < -0.4 is 15.9 Å². The first-order valence-corrected chi connectivity index (χ1v) is 9.30. The Labute approximate surface area is 168 Å². The summed E-state index contributed by atoms with van der Waals surface area (Å²) in [6.45, 7) is 6.23. The highest BCUT2D eigenvalue weighted by Crippen LogP contribution is 2.42. The molecule has 0 aliphatic carbocycles. The van der Waals surface area contributed by atoms with Gasteiger partial charge in [0, 0.05) is 29.3 Å². The van der Waals surface area contributed by atoms with E-state index in [0.717, 1.165) is 11.1 Å². The Morgan fingerprint density at radius 3 is 2.55 bits per heavy atom. The first kappa shape index (κ1) is 18.7. The average Bonchev–Trinajstić information content (AvgIpc) is 2.96. The molecule has 1 aliphatic rings. The van der Waals surface area contributed by atoms with Gasteiger partial charge in [-0.05, 0) is 38.5 Å². The number of carbonyl (C=O) groups excluding carboxylic acids is 2. The standard InChI is InChI=1S/C22H22N4O3/c1-13-4-6-14(7-5-13)18-19-16(11-22(2,3)25-21(19)28)26(29-12-27)20(18)15-8-9-24-17(23)10-15/h4-10,12H,11H2,1-3H3,(H2,23,24)(H,25,28). The van der Waals surface area contributed by atoms with Crippen LogP contribution in [0.4, 0.5) is 5.82 Å². The minimum absolute atomic E-state index is 0.205. The van der Waals surface area contributed by atoms with Crippen LogP contribution in [0.15, 0.2) is 42.6 Å². The Hall–Kier alpha value is -3.61. The number of nitrogens with one attached hydrogen (secondary N) is 1. The number of nitrogens with two attached hydrogens (primary N) is 1. The highest BCUT2D eigenvalue weighted by molar-refractivity contribution is 6.07. The van der Waals surface area contributed by atoms with Crippen molar-refractivity contribution in [3.05, 3.63) is 59.4 Å². The van der Waals surface area contributed by atoms with Gasteiger partial charge in [0.1, 0.15) is 5.82 Å². The molecule has 7 nitrogen and oxygen atoms in total. The predicted octanol–water partition coefficient (Wildman–Crippen LogP) is 2.76. The molecule has 0 spiro atoms. The molecule has 0 saturated heterocycles. The molecule has 3 aromatic rings. The maximum Gasteiger partial charge on any atom is 0.321 e. The van der Waals surface area contributed by atoms with Crippen LogP contribution in [0.1, 0.15) is 35.5 Å². The van der Waals surface area contributed by atoms with Gasteiger partial charge in [0.15, 0.2) is 0 Å². The molecule has 3 heterocycles. The molecule has 0 fully saturated rings. The van der Waals surface area contributed by atoms with Crippen LogP contribution in [0.3, 0.4) is 0 Å². The second-order valence-electron chi connectivity index (χ2n) is 7.89. The number of hydrogen-bond donors (Lipinski definition) is 2. The fraction of sp³-hybridized carbons (Fsp3) is 0.227. The maximum absolute atomic E-state index is 13.1. The summed E-state index contributed by atoms with van der Waals surface area (Å²) in [5.74, 6) is 0.127. The van der Waals surface area contributed by atoms with E-state index >= 15 is 0 Å². The Kier molecular flexibility index (Phi) is 4.38. The molecular weight excluding hydrogens is 368 g/mol. The third-order valence-electron chi connectivity index (χ3n) is 5.06. The Balaban J connectivity index is 2.11. The number of nitrogen functional groups attached to an aromatic ring is 1. The average molecular weight is 390 g/mol. The highest BCUT2D eigenvalue weighted by Gasteiger charge is 2.38. The van der Waals surface area contributed by atoms with Gasteiger partial charge in [-0.1, -0.05) is 29.8 Å². The number of amides is 1. The fourth-order valence-electron chi connectivity index (χ4n) is 3.86. The molecule has 1 aromatic carbocycles. The number of rotatable bonds is 4. The highest BCUT2D eigenvalue weighted by atomic mass is 16.7. The molecule has 0 radical (unpaired) electrons. The van der Waals surface area contributed by atoms with Crippen LogP contribution in [-0.2, 0) is 11.2 Å². The summed E-state index contributed by atoms with van der Waals surface area (Å²) in [4.78, 5) is 33.9. The van der Waals surface area contributed by atoms with Crippen LogP contribution in [0.25, 0.3) is 22.4 Å². The van der Waals surface area contributed by atoms with Gasteiger partial charge in [-0.15, -0.1) is 0 Å². The lowest BCUT2D eigenvalue weighted by atomic mass is 9.88. The number of anilines is 1. The number of benzene rings is 1. The summed E-state index contributed by atoms with van der Waals surface area (Å²) >= 11 is 0. The van der Waals surface area contributed by atoms with Crippen molar-refractivity contribution >= 4 is 18.2 Å². The Morgan fingerprint density at radius 2 is 1.90 bits per heavy atom. The first-order valence-electron chi connectivity index (χ1n) is 9.30. The molecule has 0 bridgehead atoms.